The molecule has 1 unspecified atom stereocenters. The molecule has 1 amide bonds. The van der Waals surface area contributed by atoms with Gasteiger partial charge in [-0.2, -0.15) is 5.10 Å². The Morgan fingerprint density at radius 2 is 2.47 bits per heavy atom. The number of likely N-dealkylation sites (tertiary alicyclic amines) is 1. The molecule has 1 aromatic heterocycles. The third-order valence-electron chi connectivity index (χ3n) is 2.75. The summed E-state index contributed by atoms with van der Waals surface area (Å²) in [5.74, 6) is 0.511. The molecule has 0 bridgehead atoms. The Labute approximate surface area is 88.8 Å². The van der Waals surface area contributed by atoms with Gasteiger partial charge in [0.25, 0.3) is 0 Å². The molecule has 82 valence electrons. The van der Waals surface area contributed by atoms with Crippen molar-refractivity contribution in [1.29, 1.82) is 0 Å². The molecule has 1 aliphatic rings. The fourth-order valence-electron chi connectivity index (χ4n) is 1.91. The summed E-state index contributed by atoms with van der Waals surface area (Å²) in [5.41, 5.74) is 6.49. The van der Waals surface area contributed by atoms with Crippen molar-refractivity contribution in [3.63, 3.8) is 0 Å². The summed E-state index contributed by atoms with van der Waals surface area (Å²) in [6.45, 7) is 1.96. The summed E-state index contributed by atoms with van der Waals surface area (Å²) >= 11 is 0. The van der Waals surface area contributed by atoms with Crippen LogP contribution in [-0.4, -0.2) is 33.7 Å². The van der Waals surface area contributed by atoms with E-state index in [0.717, 1.165) is 12.2 Å². The number of amides is 1. The maximum atomic E-state index is 11.6. The van der Waals surface area contributed by atoms with Crippen molar-refractivity contribution >= 4 is 5.91 Å². The first-order chi connectivity index (χ1) is 7.19. The van der Waals surface area contributed by atoms with Gasteiger partial charge in [-0.05, 0) is 18.5 Å². The Morgan fingerprint density at radius 3 is 3.00 bits per heavy atom. The van der Waals surface area contributed by atoms with Crippen molar-refractivity contribution in [1.82, 2.24) is 14.7 Å². The molecule has 0 spiro atoms. The summed E-state index contributed by atoms with van der Waals surface area (Å²) in [4.78, 5) is 13.4. The van der Waals surface area contributed by atoms with Gasteiger partial charge in [0.15, 0.2) is 0 Å². The smallest absolute Gasteiger partial charge is 0.223 e. The van der Waals surface area contributed by atoms with E-state index in [1.165, 1.54) is 0 Å². The number of carbonyl (C=O) groups is 1. The van der Waals surface area contributed by atoms with E-state index in [9.17, 15) is 4.79 Å². The first kappa shape index (κ1) is 10.2. The Balaban J connectivity index is 1.98. The quantitative estimate of drug-likeness (QED) is 0.743. The highest BCUT2D eigenvalue weighted by Gasteiger charge is 2.28. The summed E-state index contributed by atoms with van der Waals surface area (Å²) in [6, 6.07) is 1.93. The summed E-state index contributed by atoms with van der Waals surface area (Å²) < 4.78 is 1.75. The molecule has 2 rings (SSSR count). The van der Waals surface area contributed by atoms with Gasteiger partial charge in [-0.3, -0.25) is 9.48 Å². The van der Waals surface area contributed by atoms with Crippen LogP contribution in [-0.2, 0) is 18.4 Å². The molecule has 1 fully saturated rings. The van der Waals surface area contributed by atoms with Crippen LogP contribution in [0.5, 0.6) is 0 Å². The van der Waals surface area contributed by atoms with E-state index in [0.29, 0.717) is 25.4 Å². The van der Waals surface area contributed by atoms with Crippen LogP contribution in [0.1, 0.15) is 12.1 Å². The van der Waals surface area contributed by atoms with E-state index in [1.54, 1.807) is 4.68 Å². The molecule has 0 aromatic carbocycles. The average Bonchev–Trinajstić information content (AvgIpc) is 2.75. The first-order valence-electron chi connectivity index (χ1n) is 5.15. The number of aromatic nitrogens is 2. The van der Waals surface area contributed by atoms with Crippen molar-refractivity contribution in [2.45, 2.75) is 13.0 Å². The van der Waals surface area contributed by atoms with Crippen LogP contribution >= 0.6 is 0 Å². The lowest BCUT2D eigenvalue weighted by atomic mass is 10.1. The van der Waals surface area contributed by atoms with Crippen LogP contribution in [0.3, 0.4) is 0 Å². The second-order valence-corrected chi connectivity index (χ2v) is 4.06. The molecule has 1 aliphatic heterocycles. The molecule has 2 heterocycles. The van der Waals surface area contributed by atoms with Crippen LogP contribution in [0.15, 0.2) is 12.3 Å². The maximum Gasteiger partial charge on any atom is 0.223 e. The van der Waals surface area contributed by atoms with Crippen molar-refractivity contribution < 1.29 is 4.79 Å². The average molecular weight is 208 g/mol. The molecule has 0 radical (unpaired) electrons. The van der Waals surface area contributed by atoms with E-state index in [-0.39, 0.29) is 5.91 Å². The van der Waals surface area contributed by atoms with Crippen LogP contribution in [0.2, 0.25) is 0 Å². The number of aryl methyl sites for hydroxylation is 1. The van der Waals surface area contributed by atoms with Gasteiger partial charge in [-0.15, -0.1) is 0 Å². The van der Waals surface area contributed by atoms with Gasteiger partial charge in [-0.1, -0.05) is 0 Å². The number of hydrogen-bond donors (Lipinski definition) is 1. The van der Waals surface area contributed by atoms with Crippen molar-refractivity contribution in [2.24, 2.45) is 18.7 Å². The number of nitrogens with two attached hydrogens (primary N) is 1. The number of nitrogens with zero attached hydrogens (tertiary/aromatic N) is 3. The van der Waals surface area contributed by atoms with Gasteiger partial charge < -0.3 is 10.6 Å². The molecule has 1 saturated heterocycles. The molecule has 5 heteroatoms. The predicted molar refractivity (Wildman–Crippen MR) is 55.8 cm³/mol. The zero-order chi connectivity index (χ0) is 10.8. The van der Waals surface area contributed by atoms with Gasteiger partial charge >= 0.3 is 0 Å². The second-order valence-electron chi connectivity index (χ2n) is 4.06. The molecule has 15 heavy (non-hydrogen) atoms. The fraction of sp³-hybridized carbons (Fsp3) is 0.600. The highest BCUT2D eigenvalue weighted by molar-refractivity contribution is 5.78. The van der Waals surface area contributed by atoms with Crippen LogP contribution in [0.25, 0.3) is 0 Å². The minimum Gasteiger partial charge on any atom is -0.336 e. The Kier molecular flexibility index (Phi) is 2.73. The number of hydrogen-bond acceptors (Lipinski definition) is 3. The zero-order valence-corrected chi connectivity index (χ0v) is 8.89. The summed E-state index contributed by atoms with van der Waals surface area (Å²) in [6.07, 6.45) is 2.47. The van der Waals surface area contributed by atoms with Crippen molar-refractivity contribution in [3.8, 4) is 0 Å². The first-order valence-corrected chi connectivity index (χ1v) is 5.15. The van der Waals surface area contributed by atoms with E-state index < -0.39 is 0 Å². The third kappa shape index (κ3) is 2.18. The lowest BCUT2D eigenvalue weighted by molar-refractivity contribution is -0.128. The summed E-state index contributed by atoms with van der Waals surface area (Å²) in [5, 5.41) is 4.25. The monoisotopic (exact) mass is 208 g/mol. The lowest BCUT2D eigenvalue weighted by Gasteiger charge is -2.14. The van der Waals surface area contributed by atoms with Gasteiger partial charge in [0.05, 0.1) is 12.2 Å². The highest BCUT2D eigenvalue weighted by atomic mass is 16.2. The van der Waals surface area contributed by atoms with Crippen LogP contribution < -0.4 is 5.73 Å². The Hall–Kier alpha value is -1.36. The number of rotatable bonds is 3. The normalized spacial score (nSPS) is 21.3. The van der Waals surface area contributed by atoms with Crippen LogP contribution in [0.4, 0.5) is 0 Å². The largest absolute Gasteiger partial charge is 0.336 e. The fourth-order valence-corrected chi connectivity index (χ4v) is 1.91. The molecule has 0 saturated carbocycles. The molecular weight excluding hydrogens is 192 g/mol. The molecule has 5 nitrogen and oxygen atoms in total. The van der Waals surface area contributed by atoms with E-state index >= 15 is 0 Å². The molecular formula is C10H16N4O. The highest BCUT2D eigenvalue weighted by Crippen LogP contribution is 2.18. The summed E-state index contributed by atoms with van der Waals surface area (Å²) in [7, 11) is 1.87. The van der Waals surface area contributed by atoms with Crippen molar-refractivity contribution in [3.05, 3.63) is 18.0 Å². The molecule has 0 aliphatic carbocycles. The van der Waals surface area contributed by atoms with Gasteiger partial charge in [-0.25, -0.2) is 0 Å². The van der Waals surface area contributed by atoms with Gasteiger partial charge in [0, 0.05) is 26.2 Å². The maximum absolute atomic E-state index is 11.6. The Bertz CT molecular complexity index is 360. The molecule has 2 N–H and O–H groups in total. The zero-order valence-electron chi connectivity index (χ0n) is 8.89. The van der Waals surface area contributed by atoms with Crippen LogP contribution in [0, 0.1) is 5.92 Å². The second kappa shape index (κ2) is 4.02. The third-order valence-corrected chi connectivity index (χ3v) is 2.75. The SMILES string of the molecule is Cn1ccc(CN2CC(CN)CC2=O)n1. The van der Waals surface area contributed by atoms with Crippen molar-refractivity contribution in [2.75, 3.05) is 13.1 Å². The minimum atomic E-state index is 0.191. The Morgan fingerprint density at radius 1 is 1.67 bits per heavy atom. The molecule has 1 aromatic rings. The molecule has 1 atom stereocenters. The van der Waals surface area contributed by atoms with Gasteiger partial charge in [0.1, 0.15) is 0 Å². The number of carbonyl (C=O) groups excluding carboxylic acids is 1. The minimum absolute atomic E-state index is 0.191. The van der Waals surface area contributed by atoms with E-state index in [4.69, 9.17) is 5.73 Å². The van der Waals surface area contributed by atoms with E-state index in [1.807, 2.05) is 24.2 Å². The predicted octanol–water partition coefficient (Wildman–Crippen LogP) is -0.273. The lowest BCUT2D eigenvalue weighted by Crippen LogP contribution is -2.26. The van der Waals surface area contributed by atoms with E-state index in [2.05, 4.69) is 5.10 Å². The topological polar surface area (TPSA) is 64.2 Å². The van der Waals surface area contributed by atoms with Gasteiger partial charge in [0.2, 0.25) is 5.91 Å². The standard InChI is InChI=1S/C10H16N4O/c1-13-3-2-9(12-13)7-14-6-8(5-11)4-10(14)15/h2-3,8H,4-7,11H2,1H3.